The van der Waals surface area contributed by atoms with Crippen LogP contribution < -0.4 is 0 Å². The maximum absolute atomic E-state index is 5.24. The van der Waals surface area contributed by atoms with E-state index in [2.05, 4.69) is 199 Å². The van der Waals surface area contributed by atoms with Crippen LogP contribution >= 0.6 is 0 Å². The van der Waals surface area contributed by atoms with Gasteiger partial charge in [0.1, 0.15) is 0 Å². The topological polar surface area (TPSA) is 43.6 Å². The molecule has 0 bridgehead atoms. The van der Waals surface area contributed by atoms with E-state index in [1.807, 2.05) is 0 Å². The summed E-state index contributed by atoms with van der Waals surface area (Å²) in [6, 6.07) is 68.7. The highest BCUT2D eigenvalue weighted by Gasteiger charge is 2.18. The molecular formula is C51H32N4. The predicted molar refractivity (Wildman–Crippen MR) is 228 cm³/mol. The van der Waals surface area contributed by atoms with Crippen molar-refractivity contribution in [3.8, 4) is 51.0 Å². The van der Waals surface area contributed by atoms with Crippen LogP contribution in [0.15, 0.2) is 194 Å². The molecular weight excluding hydrogens is 669 g/mol. The first-order valence-electron chi connectivity index (χ1n) is 18.6. The van der Waals surface area contributed by atoms with Crippen LogP contribution in [0.2, 0.25) is 0 Å². The van der Waals surface area contributed by atoms with Gasteiger partial charge in [-0.3, -0.25) is 0 Å². The minimum atomic E-state index is 0.629. The molecule has 4 heteroatoms. The molecule has 4 nitrogen and oxygen atoms in total. The van der Waals surface area contributed by atoms with E-state index in [0.29, 0.717) is 17.5 Å². The van der Waals surface area contributed by atoms with E-state index < -0.39 is 0 Å². The third kappa shape index (κ3) is 5.19. The largest absolute Gasteiger partial charge is 0.309 e. The van der Waals surface area contributed by atoms with Gasteiger partial charge in [-0.2, -0.15) is 0 Å². The van der Waals surface area contributed by atoms with Crippen LogP contribution in [0.25, 0.3) is 105 Å². The Hall–Kier alpha value is -7.43. The Bertz CT molecular complexity index is 3260. The average Bonchev–Trinajstić information content (AvgIpc) is 3.59. The summed E-state index contributed by atoms with van der Waals surface area (Å²) >= 11 is 0. The minimum absolute atomic E-state index is 0.629. The third-order valence-electron chi connectivity index (χ3n) is 10.8. The molecule has 0 saturated carbocycles. The van der Waals surface area contributed by atoms with E-state index in [4.69, 9.17) is 15.0 Å². The molecule has 55 heavy (non-hydrogen) atoms. The van der Waals surface area contributed by atoms with E-state index in [0.717, 1.165) is 49.6 Å². The van der Waals surface area contributed by atoms with Crippen LogP contribution in [0, 0.1) is 0 Å². The third-order valence-corrected chi connectivity index (χ3v) is 10.8. The Balaban J connectivity index is 1.12. The van der Waals surface area contributed by atoms with Crippen molar-refractivity contribution in [3.63, 3.8) is 0 Å². The average molecular weight is 701 g/mol. The van der Waals surface area contributed by atoms with Crippen molar-refractivity contribution in [3.05, 3.63) is 194 Å². The fourth-order valence-corrected chi connectivity index (χ4v) is 8.26. The van der Waals surface area contributed by atoms with Crippen LogP contribution in [0.5, 0.6) is 0 Å². The Morgan fingerprint density at radius 1 is 0.291 bits per heavy atom. The molecule has 11 aromatic rings. The first kappa shape index (κ1) is 31.1. The first-order chi connectivity index (χ1) is 27.3. The van der Waals surface area contributed by atoms with Crippen LogP contribution in [-0.4, -0.2) is 19.5 Å². The smallest absolute Gasteiger partial charge is 0.164 e. The molecule has 0 atom stereocenters. The Morgan fingerprint density at radius 2 is 0.764 bits per heavy atom. The first-order valence-corrected chi connectivity index (χ1v) is 18.6. The van der Waals surface area contributed by atoms with Gasteiger partial charge in [-0.15, -0.1) is 0 Å². The quantitative estimate of drug-likeness (QED) is 0.179. The van der Waals surface area contributed by atoms with Crippen molar-refractivity contribution in [2.45, 2.75) is 0 Å². The standard InChI is InChI=1S/C51H32N4/c1-2-18-38(19-3-1)55-47-26-9-8-22-44(47)45-30-28-37(32-48(45)55)50-52-49(53-51(54-50)46-25-11-16-34-14-5-7-21-40(34)46)36-27-29-41-35(31-36)17-12-24-43(41)42-23-10-15-33-13-4-6-20-39(33)42/h1-32H. The number of rotatable bonds is 5. The Labute approximate surface area is 317 Å². The zero-order valence-corrected chi connectivity index (χ0v) is 29.8. The molecule has 0 saturated heterocycles. The second-order valence-corrected chi connectivity index (χ2v) is 14.0. The van der Waals surface area contributed by atoms with Gasteiger partial charge in [-0.05, 0) is 73.8 Å². The molecule has 0 aliphatic carbocycles. The highest BCUT2D eigenvalue weighted by molar-refractivity contribution is 6.10. The van der Waals surface area contributed by atoms with Gasteiger partial charge < -0.3 is 4.57 Å². The van der Waals surface area contributed by atoms with Crippen LogP contribution in [0.4, 0.5) is 0 Å². The normalized spacial score (nSPS) is 11.6. The number of fused-ring (bicyclic) bond motifs is 6. The molecule has 0 aliphatic rings. The van der Waals surface area contributed by atoms with E-state index in [-0.39, 0.29) is 0 Å². The van der Waals surface area contributed by atoms with Crippen molar-refractivity contribution >= 4 is 54.1 Å². The van der Waals surface area contributed by atoms with Crippen molar-refractivity contribution in [1.29, 1.82) is 0 Å². The van der Waals surface area contributed by atoms with Gasteiger partial charge >= 0.3 is 0 Å². The number of hydrogen-bond donors (Lipinski definition) is 0. The summed E-state index contributed by atoms with van der Waals surface area (Å²) < 4.78 is 2.33. The Morgan fingerprint density at radius 3 is 1.47 bits per heavy atom. The monoisotopic (exact) mass is 700 g/mol. The molecule has 11 rings (SSSR count). The Kier molecular flexibility index (Phi) is 7.14. The summed E-state index contributed by atoms with van der Waals surface area (Å²) in [6.07, 6.45) is 0. The van der Waals surface area contributed by atoms with E-state index >= 15 is 0 Å². The number of para-hydroxylation sites is 2. The molecule has 9 aromatic carbocycles. The summed E-state index contributed by atoms with van der Waals surface area (Å²) in [5, 5.41) is 9.43. The van der Waals surface area contributed by atoms with Gasteiger partial charge in [0.05, 0.1) is 11.0 Å². The predicted octanol–water partition coefficient (Wildman–Crippen LogP) is 13.1. The lowest BCUT2D eigenvalue weighted by molar-refractivity contribution is 1.08. The van der Waals surface area contributed by atoms with Gasteiger partial charge in [-0.25, -0.2) is 15.0 Å². The van der Waals surface area contributed by atoms with Crippen molar-refractivity contribution in [2.24, 2.45) is 0 Å². The lowest BCUT2D eigenvalue weighted by Crippen LogP contribution is -2.01. The summed E-state index contributed by atoms with van der Waals surface area (Å²) in [6.45, 7) is 0. The molecule has 0 amide bonds. The van der Waals surface area contributed by atoms with Crippen molar-refractivity contribution in [1.82, 2.24) is 19.5 Å². The summed E-state index contributed by atoms with van der Waals surface area (Å²) in [5.74, 6) is 1.91. The van der Waals surface area contributed by atoms with Gasteiger partial charge in [0.15, 0.2) is 17.5 Å². The molecule has 256 valence electrons. The summed E-state index contributed by atoms with van der Waals surface area (Å²) in [7, 11) is 0. The van der Waals surface area contributed by atoms with E-state index in [1.54, 1.807) is 0 Å². The molecule has 2 aromatic heterocycles. The minimum Gasteiger partial charge on any atom is -0.309 e. The fourth-order valence-electron chi connectivity index (χ4n) is 8.26. The van der Waals surface area contributed by atoms with Gasteiger partial charge in [-0.1, -0.05) is 164 Å². The SMILES string of the molecule is c1ccc(-n2c3ccccc3c3ccc(-c4nc(-c5ccc6c(-c7cccc8ccccc78)cccc6c5)nc(-c5cccc6ccccc56)n4)cc32)cc1. The summed E-state index contributed by atoms with van der Waals surface area (Å²) in [5.41, 5.74) is 8.64. The second-order valence-electron chi connectivity index (χ2n) is 14.0. The molecule has 0 fully saturated rings. The molecule has 0 N–H and O–H groups in total. The zero-order chi connectivity index (χ0) is 36.3. The number of hydrogen-bond acceptors (Lipinski definition) is 3. The number of benzene rings is 9. The molecule has 2 heterocycles. The van der Waals surface area contributed by atoms with Gasteiger partial charge in [0.2, 0.25) is 0 Å². The lowest BCUT2D eigenvalue weighted by Gasteiger charge is -2.13. The molecule has 0 aliphatic heterocycles. The van der Waals surface area contributed by atoms with E-state index in [9.17, 15) is 0 Å². The number of aromatic nitrogens is 4. The molecule has 0 radical (unpaired) electrons. The van der Waals surface area contributed by atoms with Crippen LogP contribution in [0.1, 0.15) is 0 Å². The lowest BCUT2D eigenvalue weighted by atomic mass is 9.93. The van der Waals surface area contributed by atoms with Gasteiger partial charge in [0, 0.05) is 33.2 Å². The zero-order valence-electron chi connectivity index (χ0n) is 29.8. The maximum atomic E-state index is 5.24. The van der Waals surface area contributed by atoms with Crippen molar-refractivity contribution < 1.29 is 0 Å². The molecule has 0 spiro atoms. The van der Waals surface area contributed by atoms with E-state index in [1.165, 1.54) is 38.1 Å². The number of nitrogens with zero attached hydrogens (tertiary/aromatic N) is 4. The highest BCUT2D eigenvalue weighted by Crippen LogP contribution is 2.38. The van der Waals surface area contributed by atoms with Crippen LogP contribution in [-0.2, 0) is 0 Å². The van der Waals surface area contributed by atoms with Gasteiger partial charge in [0.25, 0.3) is 0 Å². The van der Waals surface area contributed by atoms with Crippen LogP contribution in [0.3, 0.4) is 0 Å². The molecule has 0 unspecified atom stereocenters. The maximum Gasteiger partial charge on any atom is 0.164 e. The fraction of sp³-hybridized carbons (Fsp3) is 0. The highest BCUT2D eigenvalue weighted by atomic mass is 15.0. The van der Waals surface area contributed by atoms with Crippen molar-refractivity contribution in [2.75, 3.05) is 0 Å². The second kappa shape index (κ2) is 12.6. The summed E-state index contributed by atoms with van der Waals surface area (Å²) in [4.78, 5) is 15.7.